The summed E-state index contributed by atoms with van der Waals surface area (Å²) >= 11 is 6.15. The number of hydrogen-bond acceptors (Lipinski definition) is 3. The van der Waals surface area contributed by atoms with Gasteiger partial charge in [-0.2, -0.15) is 5.26 Å². The third-order valence-electron chi connectivity index (χ3n) is 3.38. The number of nitrogens with zero attached hydrogens (tertiary/aromatic N) is 1. The standard InChI is InChI=1S/C20H17ClN2O2/c1-3-10-25-19-9-8-15(12-17(19)21)11-16(13-22)20(24)23-18-7-5-4-6-14(18)2/h3-9,11-12H,1,10H2,2H3,(H,23,24)/b16-11+. The first-order valence-corrected chi connectivity index (χ1v) is 7.95. The Morgan fingerprint density at radius 2 is 2.12 bits per heavy atom. The molecule has 0 unspecified atom stereocenters. The van der Waals surface area contributed by atoms with Crippen LogP contribution in [0.1, 0.15) is 11.1 Å². The Bertz CT molecular complexity index is 866. The minimum Gasteiger partial charge on any atom is -0.488 e. The smallest absolute Gasteiger partial charge is 0.266 e. The molecule has 0 bridgehead atoms. The predicted molar refractivity (Wildman–Crippen MR) is 101 cm³/mol. The summed E-state index contributed by atoms with van der Waals surface area (Å²) in [4.78, 5) is 12.3. The number of carbonyl (C=O) groups is 1. The summed E-state index contributed by atoms with van der Waals surface area (Å²) in [5, 5.41) is 12.4. The zero-order valence-corrected chi connectivity index (χ0v) is 14.5. The van der Waals surface area contributed by atoms with E-state index in [1.807, 2.05) is 31.2 Å². The number of hydrogen-bond donors (Lipinski definition) is 1. The second-order valence-corrected chi connectivity index (χ2v) is 5.64. The lowest BCUT2D eigenvalue weighted by Gasteiger charge is -2.08. The number of ether oxygens (including phenoxy) is 1. The molecule has 1 N–H and O–H groups in total. The van der Waals surface area contributed by atoms with E-state index in [0.29, 0.717) is 28.6 Å². The number of nitrogens with one attached hydrogen (secondary N) is 1. The molecule has 1 amide bonds. The number of anilines is 1. The fourth-order valence-electron chi connectivity index (χ4n) is 2.09. The molecule has 2 rings (SSSR count). The van der Waals surface area contributed by atoms with Crippen molar-refractivity contribution in [3.8, 4) is 11.8 Å². The summed E-state index contributed by atoms with van der Waals surface area (Å²) in [6.07, 6.45) is 3.10. The molecule has 0 heterocycles. The maximum atomic E-state index is 12.3. The molecule has 0 atom stereocenters. The summed E-state index contributed by atoms with van der Waals surface area (Å²) in [7, 11) is 0. The van der Waals surface area contributed by atoms with Gasteiger partial charge >= 0.3 is 0 Å². The molecule has 0 aliphatic heterocycles. The first-order valence-electron chi connectivity index (χ1n) is 7.57. The molecule has 0 aromatic heterocycles. The van der Waals surface area contributed by atoms with Gasteiger partial charge in [0.25, 0.3) is 5.91 Å². The van der Waals surface area contributed by atoms with Crippen LogP contribution in [0.2, 0.25) is 5.02 Å². The van der Waals surface area contributed by atoms with Crippen molar-refractivity contribution >= 4 is 29.3 Å². The fourth-order valence-corrected chi connectivity index (χ4v) is 2.33. The van der Waals surface area contributed by atoms with Gasteiger partial charge < -0.3 is 10.1 Å². The van der Waals surface area contributed by atoms with E-state index < -0.39 is 5.91 Å². The Kier molecular flexibility index (Phi) is 6.39. The van der Waals surface area contributed by atoms with E-state index in [9.17, 15) is 10.1 Å². The van der Waals surface area contributed by atoms with E-state index in [2.05, 4.69) is 11.9 Å². The highest BCUT2D eigenvalue weighted by Crippen LogP contribution is 2.26. The topological polar surface area (TPSA) is 62.1 Å². The monoisotopic (exact) mass is 352 g/mol. The third-order valence-corrected chi connectivity index (χ3v) is 3.68. The minimum absolute atomic E-state index is 0.0147. The van der Waals surface area contributed by atoms with Gasteiger partial charge in [0.2, 0.25) is 0 Å². The van der Waals surface area contributed by atoms with Crippen LogP contribution in [0.15, 0.2) is 60.7 Å². The average molecular weight is 353 g/mol. The van der Waals surface area contributed by atoms with Crippen molar-refractivity contribution in [3.05, 3.63) is 76.8 Å². The van der Waals surface area contributed by atoms with Crippen molar-refractivity contribution in [3.63, 3.8) is 0 Å². The quantitative estimate of drug-likeness (QED) is 0.463. The van der Waals surface area contributed by atoms with E-state index in [1.165, 1.54) is 6.08 Å². The number of amides is 1. The van der Waals surface area contributed by atoms with Crippen molar-refractivity contribution in [1.82, 2.24) is 0 Å². The van der Waals surface area contributed by atoms with E-state index in [1.54, 1.807) is 30.3 Å². The van der Waals surface area contributed by atoms with Crippen LogP contribution in [0.3, 0.4) is 0 Å². The largest absolute Gasteiger partial charge is 0.488 e. The van der Waals surface area contributed by atoms with Crippen molar-refractivity contribution in [1.29, 1.82) is 5.26 Å². The summed E-state index contributed by atoms with van der Waals surface area (Å²) in [6, 6.07) is 14.3. The molecular weight excluding hydrogens is 336 g/mol. The van der Waals surface area contributed by atoms with Gasteiger partial charge in [0.05, 0.1) is 5.02 Å². The van der Waals surface area contributed by atoms with Crippen LogP contribution in [-0.4, -0.2) is 12.5 Å². The van der Waals surface area contributed by atoms with Gasteiger partial charge in [-0.3, -0.25) is 4.79 Å². The molecule has 0 aliphatic rings. The van der Waals surface area contributed by atoms with Crippen LogP contribution in [0, 0.1) is 18.3 Å². The first kappa shape index (κ1) is 18.3. The van der Waals surface area contributed by atoms with Crippen LogP contribution in [-0.2, 0) is 4.79 Å². The molecule has 126 valence electrons. The molecule has 0 radical (unpaired) electrons. The van der Waals surface area contributed by atoms with Crippen molar-refractivity contribution < 1.29 is 9.53 Å². The summed E-state index contributed by atoms with van der Waals surface area (Å²) < 4.78 is 5.40. The van der Waals surface area contributed by atoms with Gasteiger partial charge in [-0.05, 0) is 42.3 Å². The average Bonchev–Trinajstić information content (AvgIpc) is 2.60. The van der Waals surface area contributed by atoms with E-state index >= 15 is 0 Å². The normalized spacial score (nSPS) is 10.7. The first-order chi connectivity index (χ1) is 12.0. The summed E-state index contributed by atoms with van der Waals surface area (Å²) in [5.74, 6) is 0.0430. The van der Waals surface area contributed by atoms with Crippen LogP contribution < -0.4 is 10.1 Å². The van der Waals surface area contributed by atoms with Crippen molar-refractivity contribution in [2.75, 3.05) is 11.9 Å². The number of halogens is 1. The Balaban J connectivity index is 2.21. The lowest BCUT2D eigenvalue weighted by molar-refractivity contribution is -0.112. The highest BCUT2D eigenvalue weighted by atomic mass is 35.5. The second kappa shape index (κ2) is 8.72. The van der Waals surface area contributed by atoms with Gasteiger partial charge in [-0.15, -0.1) is 0 Å². The lowest BCUT2D eigenvalue weighted by atomic mass is 10.1. The maximum Gasteiger partial charge on any atom is 0.266 e. The van der Waals surface area contributed by atoms with E-state index in [0.717, 1.165) is 5.56 Å². The van der Waals surface area contributed by atoms with Crippen molar-refractivity contribution in [2.45, 2.75) is 6.92 Å². The molecule has 25 heavy (non-hydrogen) atoms. The molecule has 2 aromatic carbocycles. The zero-order chi connectivity index (χ0) is 18.2. The molecule has 0 saturated heterocycles. The van der Waals surface area contributed by atoms with E-state index in [-0.39, 0.29) is 5.57 Å². The summed E-state index contributed by atoms with van der Waals surface area (Å²) in [6.45, 7) is 5.80. The SMILES string of the molecule is C=CCOc1ccc(/C=C(\C#N)C(=O)Nc2ccccc2C)cc1Cl. The molecule has 4 nitrogen and oxygen atoms in total. The summed E-state index contributed by atoms with van der Waals surface area (Å²) in [5.41, 5.74) is 2.20. The van der Waals surface area contributed by atoms with Crippen LogP contribution >= 0.6 is 11.6 Å². The maximum absolute atomic E-state index is 12.3. The number of para-hydroxylation sites is 1. The molecule has 2 aromatic rings. The fraction of sp³-hybridized carbons (Fsp3) is 0.100. The highest BCUT2D eigenvalue weighted by molar-refractivity contribution is 6.32. The van der Waals surface area contributed by atoms with Gasteiger partial charge in [0.1, 0.15) is 24.0 Å². The van der Waals surface area contributed by atoms with Crippen molar-refractivity contribution in [2.24, 2.45) is 0 Å². The number of carbonyl (C=O) groups excluding carboxylic acids is 1. The van der Waals surface area contributed by atoms with Crippen LogP contribution in [0.5, 0.6) is 5.75 Å². The molecule has 5 heteroatoms. The molecule has 0 aliphatic carbocycles. The Hall–Kier alpha value is -3.03. The van der Waals surface area contributed by atoms with Gasteiger partial charge in [0.15, 0.2) is 0 Å². The van der Waals surface area contributed by atoms with Crippen LogP contribution in [0.4, 0.5) is 5.69 Å². The number of benzene rings is 2. The number of rotatable bonds is 6. The predicted octanol–water partition coefficient (Wildman–Crippen LogP) is 4.76. The van der Waals surface area contributed by atoms with Crippen LogP contribution in [0.25, 0.3) is 6.08 Å². The molecular formula is C20H17ClN2O2. The lowest BCUT2D eigenvalue weighted by Crippen LogP contribution is -2.14. The molecule has 0 fully saturated rings. The molecule has 0 saturated carbocycles. The Morgan fingerprint density at radius 1 is 1.36 bits per heavy atom. The van der Waals surface area contributed by atoms with Gasteiger partial charge in [0, 0.05) is 5.69 Å². The van der Waals surface area contributed by atoms with Gasteiger partial charge in [-0.25, -0.2) is 0 Å². The number of nitriles is 1. The highest BCUT2D eigenvalue weighted by Gasteiger charge is 2.11. The second-order valence-electron chi connectivity index (χ2n) is 5.23. The Labute approximate surface area is 152 Å². The Morgan fingerprint density at radius 3 is 2.76 bits per heavy atom. The van der Waals surface area contributed by atoms with E-state index in [4.69, 9.17) is 16.3 Å². The third kappa shape index (κ3) is 4.97. The molecule has 0 spiro atoms. The number of aryl methyl sites for hydroxylation is 1. The zero-order valence-electron chi connectivity index (χ0n) is 13.8. The minimum atomic E-state index is -0.472. The van der Waals surface area contributed by atoms with Gasteiger partial charge in [-0.1, -0.05) is 48.5 Å².